The van der Waals surface area contributed by atoms with Crippen molar-refractivity contribution in [2.75, 3.05) is 13.1 Å². The van der Waals surface area contributed by atoms with E-state index in [2.05, 4.69) is 0 Å². The van der Waals surface area contributed by atoms with Gasteiger partial charge in [0.15, 0.2) is 0 Å². The molecule has 2 aliphatic heterocycles. The van der Waals surface area contributed by atoms with E-state index in [0.717, 1.165) is 12.1 Å². The van der Waals surface area contributed by atoms with Crippen LogP contribution in [0.15, 0.2) is 24.3 Å². The summed E-state index contributed by atoms with van der Waals surface area (Å²) in [6, 6.07) is 4.19. The Kier molecular flexibility index (Phi) is 4.06. The molecule has 0 bridgehead atoms. The van der Waals surface area contributed by atoms with Crippen LogP contribution in [0.5, 0.6) is 0 Å². The van der Waals surface area contributed by atoms with Crippen LogP contribution >= 0.6 is 0 Å². The Morgan fingerprint density at radius 1 is 1.04 bits per heavy atom. The van der Waals surface area contributed by atoms with Crippen LogP contribution in [0.25, 0.3) is 0 Å². The number of likely N-dealkylation sites (tertiary alicyclic amines) is 2. The maximum Gasteiger partial charge on any atom is 0.416 e. The van der Waals surface area contributed by atoms with Gasteiger partial charge in [-0.15, -0.1) is 0 Å². The summed E-state index contributed by atoms with van der Waals surface area (Å²) in [5.74, 6) is -0.648. The average molecular weight is 340 g/mol. The van der Waals surface area contributed by atoms with Gasteiger partial charge in [-0.1, -0.05) is 12.1 Å². The number of alkyl halides is 3. The van der Waals surface area contributed by atoms with Crippen LogP contribution in [0.1, 0.15) is 24.0 Å². The number of halogens is 3. The predicted molar refractivity (Wildman–Crippen MR) is 76.6 cm³/mol. The van der Waals surface area contributed by atoms with Gasteiger partial charge < -0.3 is 4.90 Å². The Labute approximate surface area is 136 Å². The lowest BCUT2D eigenvalue weighted by atomic mass is 10.0. The highest BCUT2D eigenvalue weighted by Crippen LogP contribution is 2.29. The summed E-state index contributed by atoms with van der Waals surface area (Å²) in [5.41, 5.74) is -0.265. The van der Waals surface area contributed by atoms with E-state index in [4.69, 9.17) is 0 Å². The molecule has 1 aromatic rings. The lowest BCUT2D eigenvalue weighted by Crippen LogP contribution is -2.62. The van der Waals surface area contributed by atoms with Gasteiger partial charge in [0.1, 0.15) is 0 Å². The van der Waals surface area contributed by atoms with Crippen LogP contribution in [0, 0.1) is 0 Å². The standard InChI is InChI=1S/C16H15F3N2O3/c17-16(18,19)11-3-1-10(2-4-11)7-15(24)20-8-12(9-20)21-13(22)5-6-14(21)23/h1-4,12H,5-9H2. The first-order valence-corrected chi connectivity index (χ1v) is 7.54. The van der Waals surface area contributed by atoms with Crippen molar-refractivity contribution < 1.29 is 27.6 Å². The van der Waals surface area contributed by atoms with Gasteiger partial charge in [0.2, 0.25) is 17.7 Å². The fourth-order valence-corrected chi connectivity index (χ4v) is 2.92. The third-order valence-corrected chi connectivity index (χ3v) is 4.31. The van der Waals surface area contributed by atoms with Crippen LogP contribution in [-0.2, 0) is 27.0 Å². The minimum Gasteiger partial charge on any atom is -0.338 e. The van der Waals surface area contributed by atoms with Gasteiger partial charge in [0.05, 0.1) is 18.0 Å². The Bertz CT molecular complexity index is 663. The molecule has 2 aliphatic rings. The highest BCUT2D eigenvalue weighted by atomic mass is 19.4. The fraction of sp³-hybridized carbons (Fsp3) is 0.438. The van der Waals surface area contributed by atoms with Crippen molar-refractivity contribution in [2.24, 2.45) is 0 Å². The summed E-state index contributed by atoms with van der Waals surface area (Å²) >= 11 is 0. The van der Waals surface area contributed by atoms with Gasteiger partial charge in [0.25, 0.3) is 0 Å². The molecule has 24 heavy (non-hydrogen) atoms. The van der Waals surface area contributed by atoms with Crippen molar-refractivity contribution in [1.29, 1.82) is 0 Å². The molecule has 3 amide bonds. The van der Waals surface area contributed by atoms with E-state index in [1.807, 2.05) is 0 Å². The first kappa shape index (κ1) is 16.5. The number of carbonyl (C=O) groups is 3. The van der Waals surface area contributed by atoms with Crippen molar-refractivity contribution in [1.82, 2.24) is 9.80 Å². The number of hydrogen-bond acceptors (Lipinski definition) is 3. The number of nitrogens with zero attached hydrogens (tertiary/aromatic N) is 2. The first-order valence-electron chi connectivity index (χ1n) is 7.54. The van der Waals surface area contributed by atoms with Crippen molar-refractivity contribution in [3.05, 3.63) is 35.4 Å². The van der Waals surface area contributed by atoms with E-state index in [9.17, 15) is 27.6 Å². The predicted octanol–water partition coefficient (Wildman–Crippen LogP) is 1.61. The SMILES string of the molecule is O=C(Cc1ccc(C(F)(F)F)cc1)N1CC(N2C(=O)CCC2=O)C1. The maximum absolute atomic E-state index is 12.5. The molecule has 3 rings (SSSR count). The molecule has 2 fully saturated rings. The second-order valence-corrected chi connectivity index (χ2v) is 5.98. The van der Waals surface area contributed by atoms with Crippen molar-refractivity contribution in [3.63, 3.8) is 0 Å². The molecule has 2 heterocycles. The smallest absolute Gasteiger partial charge is 0.338 e. The summed E-state index contributed by atoms with van der Waals surface area (Å²) in [6.07, 6.45) is -3.97. The third-order valence-electron chi connectivity index (χ3n) is 4.31. The van der Waals surface area contributed by atoms with Crippen LogP contribution in [-0.4, -0.2) is 46.7 Å². The van der Waals surface area contributed by atoms with Crippen molar-refractivity contribution in [2.45, 2.75) is 31.5 Å². The van der Waals surface area contributed by atoms with Gasteiger partial charge in [-0.3, -0.25) is 19.3 Å². The first-order chi connectivity index (χ1) is 11.3. The summed E-state index contributed by atoms with van der Waals surface area (Å²) < 4.78 is 37.5. The molecule has 0 aromatic heterocycles. The molecule has 0 N–H and O–H groups in total. The Hall–Kier alpha value is -2.38. The third kappa shape index (κ3) is 3.13. The van der Waals surface area contributed by atoms with E-state index in [0.29, 0.717) is 5.56 Å². The van der Waals surface area contributed by atoms with Gasteiger partial charge in [-0.25, -0.2) is 0 Å². The summed E-state index contributed by atoms with van der Waals surface area (Å²) in [4.78, 5) is 38.1. The van der Waals surface area contributed by atoms with E-state index < -0.39 is 11.7 Å². The molecule has 0 aliphatic carbocycles. The zero-order valence-electron chi connectivity index (χ0n) is 12.7. The molecule has 0 unspecified atom stereocenters. The van der Waals surface area contributed by atoms with Gasteiger partial charge in [-0.2, -0.15) is 13.2 Å². The molecule has 1 aromatic carbocycles. The monoisotopic (exact) mass is 340 g/mol. The normalized spacial score (nSPS) is 19.0. The van der Waals surface area contributed by atoms with Gasteiger partial charge >= 0.3 is 6.18 Å². The molecule has 0 saturated carbocycles. The van der Waals surface area contributed by atoms with E-state index >= 15 is 0 Å². The second kappa shape index (κ2) is 5.92. The maximum atomic E-state index is 12.5. The number of hydrogen-bond donors (Lipinski definition) is 0. The quantitative estimate of drug-likeness (QED) is 0.786. The van der Waals surface area contributed by atoms with E-state index in [-0.39, 0.29) is 56.1 Å². The summed E-state index contributed by atoms with van der Waals surface area (Å²) in [7, 11) is 0. The Morgan fingerprint density at radius 2 is 1.58 bits per heavy atom. The number of benzene rings is 1. The van der Waals surface area contributed by atoms with Crippen LogP contribution in [0.2, 0.25) is 0 Å². The molecular weight excluding hydrogens is 325 g/mol. The second-order valence-electron chi connectivity index (χ2n) is 5.98. The molecular formula is C16H15F3N2O3. The zero-order valence-corrected chi connectivity index (χ0v) is 12.7. The molecule has 128 valence electrons. The minimum atomic E-state index is -4.40. The average Bonchev–Trinajstić information content (AvgIpc) is 2.77. The molecule has 0 spiro atoms. The topological polar surface area (TPSA) is 57.7 Å². The Morgan fingerprint density at radius 3 is 2.08 bits per heavy atom. The summed E-state index contributed by atoms with van der Waals surface area (Å²) in [6.45, 7) is 0.577. The van der Waals surface area contributed by atoms with Crippen LogP contribution in [0.3, 0.4) is 0 Å². The zero-order chi connectivity index (χ0) is 17.5. The number of imide groups is 1. The Balaban J connectivity index is 1.54. The lowest BCUT2D eigenvalue weighted by molar-refractivity contribution is -0.151. The number of carbonyl (C=O) groups excluding carboxylic acids is 3. The van der Waals surface area contributed by atoms with Crippen molar-refractivity contribution >= 4 is 17.7 Å². The number of amides is 3. The fourth-order valence-electron chi connectivity index (χ4n) is 2.92. The molecule has 5 nitrogen and oxygen atoms in total. The van der Waals surface area contributed by atoms with Crippen LogP contribution in [0.4, 0.5) is 13.2 Å². The largest absolute Gasteiger partial charge is 0.416 e. The highest BCUT2D eigenvalue weighted by molar-refractivity contribution is 6.02. The summed E-state index contributed by atoms with van der Waals surface area (Å²) in [5, 5.41) is 0. The highest BCUT2D eigenvalue weighted by Gasteiger charge is 2.42. The van der Waals surface area contributed by atoms with Crippen molar-refractivity contribution in [3.8, 4) is 0 Å². The van der Waals surface area contributed by atoms with Gasteiger partial charge in [0, 0.05) is 25.9 Å². The van der Waals surface area contributed by atoms with Crippen LogP contribution < -0.4 is 0 Å². The molecule has 0 atom stereocenters. The molecule has 2 saturated heterocycles. The van der Waals surface area contributed by atoms with E-state index in [1.165, 1.54) is 21.9 Å². The molecule has 8 heteroatoms. The number of rotatable bonds is 3. The van der Waals surface area contributed by atoms with Gasteiger partial charge in [-0.05, 0) is 17.7 Å². The molecule has 0 radical (unpaired) electrons. The lowest BCUT2D eigenvalue weighted by Gasteiger charge is -2.43. The minimum absolute atomic E-state index is 0.00719. The van der Waals surface area contributed by atoms with E-state index in [1.54, 1.807) is 0 Å².